The summed E-state index contributed by atoms with van der Waals surface area (Å²) in [4.78, 5) is 15.4. The van der Waals surface area contributed by atoms with E-state index >= 15 is 0 Å². The topological polar surface area (TPSA) is 60.2 Å². The van der Waals surface area contributed by atoms with Crippen molar-refractivity contribution < 1.29 is 13.9 Å². The highest BCUT2D eigenvalue weighted by atomic mass is 19.1. The van der Waals surface area contributed by atoms with Gasteiger partial charge in [-0.05, 0) is 18.6 Å². The summed E-state index contributed by atoms with van der Waals surface area (Å²) in [6.07, 6.45) is 4.04. The van der Waals surface area contributed by atoms with E-state index < -0.39 is 5.82 Å². The molecule has 2 aromatic rings. The molecule has 1 fully saturated rings. The maximum absolute atomic E-state index is 13.4. The minimum absolute atomic E-state index is 0.0929. The van der Waals surface area contributed by atoms with Crippen molar-refractivity contribution in [2.75, 3.05) is 19.7 Å². The number of carbonyl (C=O) groups is 1. The summed E-state index contributed by atoms with van der Waals surface area (Å²) in [7, 11) is 0. The van der Waals surface area contributed by atoms with Gasteiger partial charge in [0.05, 0.1) is 18.4 Å². The molecule has 2 heterocycles. The third-order valence-corrected chi connectivity index (χ3v) is 3.47. The van der Waals surface area contributed by atoms with Gasteiger partial charge in [-0.3, -0.25) is 4.79 Å². The van der Waals surface area contributed by atoms with Crippen LogP contribution in [0.25, 0.3) is 0 Å². The molecule has 0 spiro atoms. The van der Waals surface area contributed by atoms with Crippen molar-refractivity contribution in [3.05, 3.63) is 42.5 Å². The highest BCUT2D eigenvalue weighted by molar-refractivity contribution is 5.78. The molecule has 1 aromatic carbocycles. The number of halogens is 1. The molecule has 1 aromatic heterocycles. The minimum Gasteiger partial charge on any atom is -0.481 e. The fourth-order valence-corrected chi connectivity index (χ4v) is 2.36. The summed E-state index contributed by atoms with van der Waals surface area (Å²) in [6.45, 7) is 1.01. The van der Waals surface area contributed by atoms with Crippen molar-refractivity contribution in [2.24, 2.45) is 0 Å². The smallest absolute Gasteiger partial charge is 0.260 e. The van der Waals surface area contributed by atoms with E-state index in [1.807, 2.05) is 0 Å². The summed E-state index contributed by atoms with van der Waals surface area (Å²) >= 11 is 0. The van der Waals surface area contributed by atoms with Gasteiger partial charge in [-0.25, -0.2) is 4.39 Å². The molecule has 110 valence electrons. The minimum atomic E-state index is -0.467. The molecule has 0 bridgehead atoms. The van der Waals surface area contributed by atoms with Gasteiger partial charge < -0.3 is 9.64 Å². The van der Waals surface area contributed by atoms with E-state index in [-0.39, 0.29) is 24.3 Å². The molecule has 0 aliphatic carbocycles. The Morgan fingerprint density at radius 1 is 1.33 bits per heavy atom. The second-order valence-electron chi connectivity index (χ2n) is 4.85. The van der Waals surface area contributed by atoms with Gasteiger partial charge in [0, 0.05) is 13.1 Å². The van der Waals surface area contributed by atoms with Crippen LogP contribution in [0.5, 0.6) is 5.75 Å². The molecule has 1 atom stereocenters. The molecule has 0 saturated carbocycles. The van der Waals surface area contributed by atoms with Crippen molar-refractivity contribution in [1.82, 2.24) is 19.9 Å². The molecular weight excluding hydrogens is 275 g/mol. The molecule has 1 aliphatic heterocycles. The summed E-state index contributed by atoms with van der Waals surface area (Å²) in [5, 5.41) is 8.17. The summed E-state index contributed by atoms with van der Waals surface area (Å²) in [6, 6.07) is 6.14. The molecule has 0 radical (unpaired) electrons. The first kappa shape index (κ1) is 13.5. The zero-order chi connectivity index (χ0) is 14.7. The van der Waals surface area contributed by atoms with Gasteiger partial charge in [-0.2, -0.15) is 15.0 Å². The molecule has 1 amide bonds. The molecule has 1 unspecified atom stereocenters. The average molecular weight is 290 g/mol. The van der Waals surface area contributed by atoms with Crippen molar-refractivity contribution in [3.8, 4) is 5.75 Å². The first-order chi connectivity index (χ1) is 10.2. The molecule has 3 rings (SSSR count). The number of aromatic nitrogens is 3. The second-order valence-corrected chi connectivity index (χ2v) is 4.85. The van der Waals surface area contributed by atoms with Gasteiger partial charge in [0.15, 0.2) is 18.2 Å². The SMILES string of the molecule is O=C(COc1ccccc1F)N1CCC(n2nccn2)C1. The Kier molecular flexibility index (Phi) is 3.81. The van der Waals surface area contributed by atoms with Crippen molar-refractivity contribution in [2.45, 2.75) is 12.5 Å². The molecule has 1 saturated heterocycles. The number of para-hydroxylation sites is 1. The third kappa shape index (κ3) is 3.01. The normalized spacial score (nSPS) is 18.0. The van der Waals surface area contributed by atoms with Crippen LogP contribution in [0.3, 0.4) is 0 Å². The third-order valence-electron chi connectivity index (χ3n) is 3.47. The lowest BCUT2D eigenvalue weighted by atomic mass is 10.3. The highest BCUT2D eigenvalue weighted by Gasteiger charge is 2.28. The predicted molar refractivity (Wildman–Crippen MR) is 72.2 cm³/mol. The lowest BCUT2D eigenvalue weighted by Gasteiger charge is -2.16. The molecule has 6 nitrogen and oxygen atoms in total. The first-order valence-corrected chi connectivity index (χ1v) is 6.75. The molecule has 21 heavy (non-hydrogen) atoms. The number of carbonyl (C=O) groups excluding carboxylic acids is 1. The number of benzene rings is 1. The predicted octanol–water partition coefficient (Wildman–Crippen LogP) is 1.27. The standard InChI is InChI=1S/C14H15FN4O2/c15-12-3-1-2-4-13(12)21-10-14(20)18-8-5-11(9-18)19-16-6-7-17-19/h1-4,6-7,11H,5,8-10H2. The summed E-state index contributed by atoms with van der Waals surface area (Å²) in [5.74, 6) is -0.534. The maximum atomic E-state index is 13.4. The van der Waals surface area contributed by atoms with Crippen LogP contribution in [-0.2, 0) is 4.79 Å². The fraction of sp³-hybridized carbons (Fsp3) is 0.357. The van der Waals surface area contributed by atoms with Crippen LogP contribution < -0.4 is 4.74 Å². The van der Waals surface area contributed by atoms with Crippen molar-refractivity contribution in [1.29, 1.82) is 0 Å². The first-order valence-electron chi connectivity index (χ1n) is 6.75. The van der Waals surface area contributed by atoms with Crippen molar-refractivity contribution >= 4 is 5.91 Å². The number of rotatable bonds is 4. The van der Waals surface area contributed by atoms with Crippen LogP contribution >= 0.6 is 0 Å². The Morgan fingerprint density at radius 2 is 2.10 bits per heavy atom. The Balaban J connectivity index is 1.54. The second kappa shape index (κ2) is 5.90. The van der Waals surface area contributed by atoms with E-state index in [0.717, 1.165) is 6.42 Å². The van der Waals surface area contributed by atoms with E-state index in [4.69, 9.17) is 4.74 Å². The van der Waals surface area contributed by atoms with E-state index in [1.165, 1.54) is 12.1 Å². The van der Waals surface area contributed by atoms with Gasteiger partial charge in [0.1, 0.15) is 0 Å². The number of hydrogen-bond acceptors (Lipinski definition) is 4. The largest absolute Gasteiger partial charge is 0.481 e. The lowest BCUT2D eigenvalue weighted by Crippen LogP contribution is -2.33. The zero-order valence-corrected chi connectivity index (χ0v) is 11.4. The highest BCUT2D eigenvalue weighted by Crippen LogP contribution is 2.20. The van der Waals surface area contributed by atoms with E-state index in [9.17, 15) is 9.18 Å². The molecular formula is C14H15FN4O2. The Labute approximate surface area is 121 Å². The number of amides is 1. The van der Waals surface area contributed by atoms with Gasteiger partial charge in [-0.15, -0.1) is 0 Å². The zero-order valence-electron chi connectivity index (χ0n) is 11.4. The fourth-order valence-electron chi connectivity index (χ4n) is 2.36. The van der Waals surface area contributed by atoms with Gasteiger partial charge in [0.25, 0.3) is 5.91 Å². The Hall–Kier alpha value is -2.44. The number of ether oxygens (including phenoxy) is 1. The number of hydrogen-bond donors (Lipinski definition) is 0. The van der Waals surface area contributed by atoms with Crippen LogP contribution in [0.4, 0.5) is 4.39 Å². The average Bonchev–Trinajstić information content (AvgIpc) is 3.16. The summed E-state index contributed by atoms with van der Waals surface area (Å²) in [5.41, 5.74) is 0. The van der Waals surface area contributed by atoms with Crippen LogP contribution in [0.1, 0.15) is 12.5 Å². The van der Waals surface area contributed by atoms with Crippen LogP contribution in [0, 0.1) is 5.82 Å². The van der Waals surface area contributed by atoms with E-state index in [2.05, 4.69) is 10.2 Å². The van der Waals surface area contributed by atoms with Crippen LogP contribution in [0.15, 0.2) is 36.7 Å². The Bertz CT molecular complexity index is 617. The Morgan fingerprint density at radius 3 is 2.86 bits per heavy atom. The number of likely N-dealkylation sites (tertiary alicyclic amines) is 1. The van der Waals surface area contributed by atoms with E-state index in [0.29, 0.717) is 13.1 Å². The number of nitrogens with zero attached hydrogens (tertiary/aromatic N) is 4. The van der Waals surface area contributed by atoms with Crippen molar-refractivity contribution in [3.63, 3.8) is 0 Å². The molecule has 7 heteroatoms. The van der Waals surface area contributed by atoms with Gasteiger partial charge in [0.2, 0.25) is 0 Å². The monoisotopic (exact) mass is 290 g/mol. The van der Waals surface area contributed by atoms with Gasteiger partial charge in [-0.1, -0.05) is 12.1 Å². The molecule has 0 N–H and O–H groups in total. The quantitative estimate of drug-likeness (QED) is 0.851. The maximum Gasteiger partial charge on any atom is 0.260 e. The molecule has 1 aliphatic rings. The van der Waals surface area contributed by atoms with Crippen LogP contribution in [0.2, 0.25) is 0 Å². The summed E-state index contributed by atoms with van der Waals surface area (Å²) < 4.78 is 18.6. The van der Waals surface area contributed by atoms with Crippen LogP contribution in [-0.4, -0.2) is 45.5 Å². The van der Waals surface area contributed by atoms with E-state index in [1.54, 1.807) is 34.2 Å². The lowest BCUT2D eigenvalue weighted by molar-refractivity contribution is -0.132. The van der Waals surface area contributed by atoms with Gasteiger partial charge >= 0.3 is 0 Å².